The predicted molar refractivity (Wildman–Crippen MR) is 440 cm³/mol. The number of nitrogens with zero attached hydrogens (tertiary/aromatic N) is 16. The summed E-state index contributed by atoms with van der Waals surface area (Å²) in [7, 11) is 0. The van der Waals surface area contributed by atoms with Gasteiger partial charge in [-0.15, -0.1) is 6.58 Å². The maximum absolute atomic E-state index is 14.2. The van der Waals surface area contributed by atoms with E-state index < -0.39 is 160 Å². The summed E-state index contributed by atoms with van der Waals surface area (Å²) in [6, 6.07) is 15.5. The number of ether oxygens (including phenoxy) is 1. The third-order valence-corrected chi connectivity index (χ3v) is 19.2. The number of hydrogen-bond donors (Lipinski definition) is 2. The maximum atomic E-state index is 14.2. The number of halogens is 30. The quantitative estimate of drug-likeness (QED) is 0.0265. The van der Waals surface area contributed by atoms with Crippen molar-refractivity contribution in [3.8, 4) is 17.4 Å². The highest BCUT2D eigenvalue weighted by molar-refractivity contribution is 14.1. The summed E-state index contributed by atoms with van der Waals surface area (Å²) in [6.45, 7) is 3.12. The summed E-state index contributed by atoms with van der Waals surface area (Å²) < 4.78 is 316. The van der Waals surface area contributed by atoms with Gasteiger partial charge in [-0.1, -0.05) is 64.1 Å². The van der Waals surface area contributed by atoms with E-state index in [4.69, 9.17) is 67.8 Å². The lowest BCUT2D eigenvalue weighted by atomic mass is 10.1. The average Bonchev–Trinajstić information content (AvgIpc) is 1.67. The van der Waals surface area contributed by atoms with Gasteiger partial charge in [0.25, 0.3) is 11.1 Å². The number of pyridine rings is 6. The van der Waals surface area contributed by atoms with Crippen LogP contribution in [0.4, 0.5) is 105 Å². The number of aldehydes is 1. The summed E-state index contributed by atoms with van der Waals surface area (Å²) >= 11 is 28.3. The Balaban J connectivity index is 0.000000201. The topological polar surface area (TPSA) is 275 Å². The first-order valence-electron chi connectivity index (χ1n) is 36.5. The van der Waals surface area contributed by atoms with Crippen LogP contribution in [0.2, 0.25) is 25.8 Å². The fourth-order valence-electron chi connectivity index (χ4n) is 11.0. The molecule has 14 aromatic rings. The maximum Gasteiger partial charge on any atom is 0.421 e. The smallest absolute Gasteiger partial charge is 0.421 e. The van der Waals surface area contributed by atoms with Crippen LogP contribution in [0.3, 0.4) is 0 Å². The van der Waals surface area contributed by atoms with Crippen molar-refractivity contribution in [1.29, 1.82) is 0 Å². The monoisotopic (exact) mass is 2100 g/mol. The number of aromatic nitrogens is 16. The van der Waals surface area contributed by atoms with Crippen molar-refractivity contribution in [2.75, 3.05) is 6.61 Å². The second-order valence-corrected chi connectivity index (χ2v) is 29.6. The fraction of sp³-hybridized carbons (Fsp3) is 0.198. The average molecular weight is 2110 g/mol. The predicted octanol–water partition coefficient (Wildman–Crippen LogP) is 21.7. The third kappa shape index (κ3) is 31.2. The van der Waals surface area contributed by atoms with Crippen molar-refractivity contribution < 1.29 is 125 Å². The summed E-state index contributed by atoms with van der Waals surface area (Å²) in [6.07, 6.45) is -8.72. The van der Waals surface area contributed by atoms with Crippen LogP contribution in [0.25, 0.3) is 21.8 Å². The molecule has 22 nitrogen and oxygen atoms in total. The molecule has 133 heavy (non-hydrogen) atoms. The van der Waals surface area contributed by atoms with Gasteiger partial charge in [-0.3, -0.25) is 9.59 Å². The molecule has 4 aromatic carbocycles. The van der Waals surface area contributed by atoms with Crippen molar-refractivity contribution >= 4 is 109 Å². The molecule has 0 fully saturated rings. The number of aliphatic hydroxyl groups is 1. The molecule has 14 rings (SSSR count). The summed E-state index contributed by atoms with van der Waals surface area (Å²) in [5.41, 5.74) is -5.79. The Morgan fingerprint density at radius 1 is 0.406 bits per heavy atom. The van der Waals surface area contributed by atoms with Gasteiger partial charge >= 0.3 is 37.1 Å². The van der Waals surface area contributed by atoms with Crippen molar-refractivity contribution in [2.24, 2.45) is 0 Å². The molecule has 0 atom stereocenters. The van der Waals surface area contributed by atoms with Crippen molar-refractivity contribution in [1.82, 2.24) is 79.0 Å². The lowest BCUT2D eigenvalue weighted by Crippen LogP contribution is -2.15. The first-order valence-corrected chi connectivity index (χ1v) is 39.5. The van der Waals surface area contributed by atoms with Crippen molar-refractivity contribution in [3.63, 3.8) is 0 Å². The number of aryl methyl sites for hydroxylation is 4. The lowest BCUT2D eigenvalue weighted by Gasteiger charge is -2.15. The molecule has 52 heteroatoms. The standard InChI is InChI=1S/C25H16F6N6O2.C15H9F3N2O2.C10H8ClF3N4.C9H7ClF3N.C8H7ClF3NO.C8H5ClF3NO.C6H2ClF3IN/c26-15-8-20(27)18(21(28)9-15)12-36-13-33-23(38)17-10-16(1-2-22(17)36)39-24-19(25(29,30)31)7-14(11-32-24)3-6-37-34-4-5-35-37;16-8-3-12(17)11(13(18)4-8)6-20-7-19-15(22)10-5-9(21)1-2-14(10)20;11-9-8(10(12,13)14)5-7(6-15-9)1-4-18-16-2-3-17-18;1-2-3-6-4-7(9(11,12)13)8(10)14-5-6;2*9-7-6(8(10,11)12)3-5(1-2-14)4-13-7;7-5-4(6(8,9)10)1-3(11)2-12-5/h1-2,4-5,7-11,13H,3,6,12H2;1-5,7,21H,6H2;2-3,5-6H,1,4H2;2,4-5H,1,3H2;3-4,14H,1-2H2;2-4H,1H2;1-2H. The number of phenolic OH excluding ortho intramolecular Hbond substituents is 1. The van der Waals surface area contributed by atoms with Crippen LogP contribution in [0.15, 0.2) is 194 Å². The van der Waals surface area contributed by atoms with Gasteiger partial charge in [-0.05, 0) is 149 Å². The number of alkyl halides is 18. The van der Waals surface area contributed by atoms with E-state index in [0.717, 1.165) is 61.3 Å². The molecule has 10 aromatic heterocycles. The van der Waals surface area contributed by atoms with E-state index in [0.29, 0.717) is 75.7 Å². The van der Waals surface area contributed by atoms with E-state index in [1.54, 1.807) is 22.6 Å². The SMILES string of the molecule is C=CCc1cnc(Cl)c(C(F)(F)F)c1.FC(F)(F)c1cc(CCn2nccn2)cnc1Cl.FC(F)(F)c1cc(I)cnc1Cl.O=CCc1cnc(Cl)c(C(F)(F)F)c1.O=c1ncn(Cc2c(F)cc(F)cc2F)c2ccc(O)cc12.O=c1ncn(Cc2c(F)cc(F)cc2F)c2ccc(Oc3ncc(CCn4nccn4)cc3C(F)(F)F)cc12.OCCc1cnc(Cl)c(C(F)(F)F)c1. The molecule has 0 unspecified atom stereocenters. The van der Waals surface area contributed by atoms with E-state index in [-0.39, 0.29) is 83.4 Å². The van der Waals surface area contributed by atoms with Crippen LogP contribution in [-0.2, 0) is 100 Å². The van der Waals surface area contributed by atoms with Crippen LogP contribution in [0.5, 0.6) is 17.4 Å². The second-order valence-electron chi connectivity index (χ2n) is 26.5. The number of benzene rings is 4. The van der Waals surface area contributed by atoms with Gasteiger partial charge in [0, 0.05) is 89.2 Å². The van der Waals surface area contributed by atoms with Gasteiger partial charge < -0.3 is 28.9 Å². The van der Waals surface area contributed by atoms with E-state index in [1.165, 1.54) is 111 Å². The van der Waals surface area contributed by atoms with Gasteiger partial charge in [0.1, 0.15) is 84.0 Å². The van der Waals surface area contributed by atoms with Crippen LogP contribution in [0.1, 0.15) is 72.3 Å². The molecule has 704 valence electrons. The number of carbonyl (C=O) groups is 1. The normalized spacial score (nSPS) is 11.6. The minimum Gasteiger partial charge on any atom is -0.508 e. The van der Waals surface area contributed by atoms with Crippen molar-refractivity contribution in [2.45, 2.75) is 95.3 Å². The lowest BCUT2D eigenvalue weighted by molar-refractivity contribution is -0.139. The molecule has 0 radical (unpaired) electrons. The zero-order valence-electron chi connectivity index (χ0n) is 66.1. The van der Waals surface area contributed by atoms with Gasteiger partial charge in [-0.2, -0.15) is 119 Å². The molecule has 0 aliphatic heterocycles. The van der Waals surface area contributed by atoms with Gasteiger partial charge in [0.15, 0.2) is 0 Å². The number of rotatable bonds is 18. The highest BCUT2D eigenvalue weighted by atomic mass is 127. The zero-order valence-corrected chi connectivity index (χ0v) is 72.1. The van der Waals surface area contributed by atoms with E-state index >= 15 is 0 Å². The number of aromatic hydroxyl groups is 1. The van der Waals surface area contributed by atoms with Gasteiger partial charge in [0.05, 0.1) is 113 Å². The van der Waals surface area contributed by atoms with Gasteiger partial charge in [0.2, 0.25) is 5.88 Å². The van der Waals surface area contributed by atoms with Crippen LogP contribution in [-0.4, -0.2) is 102 Å². The number of phenols is 1. The van der Waals surface area contributed by atoms with Gasteiger partial charge in [-0.25, -0.2) is 56.2 Å². The first kappa shape index (κ1) is 106. The molecule has 0 aliphatic carbocycles. The molecule has 0 spiro atoms. The Hall–Kier alpha value is -12.2. The summed E-state index contributed by atoms with van der Waals surface area (Å²) in [4.78, 5) is 65.1. The second kappa shape index (κ2) is 46.5. The minimum absolute atomic E-state index is 0.0881. The van der Waals surface area contributed by atoms with E-state index in [2.05, 4.69) is 66.8 Å². The number of fused-ring (bicyclic) bond motifs is 2. The van der Waals surface area contributed by atoms with Crippen LogP contribution in [0, 0.1) is 38.5 Å². The third-order valence-electron chi connectivity index (χ3n) is 17.1. The van der Waals surface area contributed by atoms with Crippen LogP contribution >= 0.6 is 80.6 Å². The largest absolute Gasteiger partial charge is 0.508 e. The highest BCUT2D eigenvalue weighted by Crippen LogP contribution is 2.41. The molecule has 2 N–H and O–H groups in total. The Labute approximate surface area is 769 Å². The number of hydrogen-bond acceptors (Lipinski definition) is 18. The van der Waals surface area contributed by atoms with E-state index in [1.807, 2.05) is 0 Å². The molecular formula is C81H54Cl5F24IN16O6. The highest BCUT2D eigenvalue weighted by Gasteiger charge is 2.40. The summed E-state index contributed by atoms with van der Waals surface area (Å²) in [5.74, 6) is -7.41. The zero-order chi connectivity index (χ0) is 98.4. The summed E-state index contributed by atoms with van der Waals surface area (Å²) in [5, 5.41) is 30.8. The Morgan fingerprint density at radius 2 is 0.737 bits per heavy atom. The molecule has 0 bridgehead atoms. The number of carbonyl (C=O) groups excluding carboxylic acids is 1. The molecule has 0 amide bonds. The number of allylic oxidation sites excluding steroid dienone is 1. The molecule has 10 heterocycles. The van der Waals surface area contributed by atoms with Crippen LogP contribution < -0.4 is 15.9 Å². The molecule has 0 saturated heterocycles. The molecule has 0 aliphatic rings. The number of aliphatic hydroxyl groups excluding tert-OH is 1. The van der Waals surface area contributed by atoms with E-state index in [9.17, 15) is 125 Å². The molecule has 0 saturated carbocycles. The Bertz CT molecular complexity index is 6400. The minimum atomic E-state index is -4.79. The Kier molecular flexibility index (Phi) is 37.1. The first-order chi connectivity index (χ1) is 62.3. The van der Waals surface area contributed by atoms with Crippen molar-refractivity contribution in [3.05, 3.63) is 342 Å². The Morgan fingerprint density at radius 3 is 1.11 bits per heavy atom. The fourth-order valence-corrected chi connectivity index (χ4v) is 12.5. The molecular weight excluding hydrogens is 2050 g/mol.